The first kappa shape index (κ1) is 15.9. The maximum Gasteiger partial charge on any atom is 0.387 e. The third-order valence-electron chi connectivity index (χ3n) is 2.50. The average molecular weight is 283 g/mol. The van der Waals surface area contributed by atoms with E-state index in [2.05, 4.69) is 11.3 Å². The molecule has 0 aliphatic carbocycles. The van der Waals surface area contributed by atoms with Crippen molar-refractivity contribution in [2.24, 2.45) is 0 Å². The first-order valence-corrected chi connectivity index (χ1v) is 6.12. The number of alkyl halides is 2. The van der Waals surface area contributed by atoms with Gasteiger partial charge in [0.15, 0.2) is 11.6 Å². The van der Waals surface area contributed by atoms with Crippen molar-refractivity contribution in [1.29, 1.82) is 0 Å². The Morgan fingerprint density at radius 1 is 1.25 bits per heavy atom. The number of benzene rings is 2. The Balaban J connectivity index is 0.000000956. The normalized spacial score (nSPS) is 10.1. The number of rotatable bonds is 3. The van der Waals surface area contributed by atoms with Gasteiger partial charge in [-0.05, 0) is 29.1 Å². The first-order chi connectivity index (χ1) is 9.52. The van der Waals surface area contributed by atoms with E-state index >= 15 is 0 Å². The van der Waals surface area contributed by atoms with Gasteiger partial charge in [0, 0.05) is 11.1 Å². The van der Waals surface area contributed by atoms with Crippen LogP contribution in [-0.4, -0.2) is 6.61 Å². The molecule has 20 heavy (non-hydrogen) atoms. The van der Waals surface area contributed by atoms with Crippen molar-refractivity contribution in [2.75, 3.05) is 5.73 Å². The number of ether oxygens (including phenoxy) is 1. The highest BCUT2D eigenvalue weighted by atomic mass is 19.3. The zero-order valence-electron chi connectivity index (χ0n) is 11.3. The summed E-state index contributed by atoms with van der Waals surface area (Å²) in [5.41, 5.74) is 6.54. The maximum absolute atomic E-state index is 13.6. The predicted octanol–water partition coefficient (Wildman–Crippen LogP) is 4.83. The van der Waals surface area contributed by atoms with Crippen LogP contribution in [0.3, 0.4) is 0 Å². The highest BCUT2D eigenvalue weighted by Gasteiger charge is 2.16. The highest BCUT2D eigenvalue weighted by molar-refractivity contribution is 5.97. The number of halogens is 3. The fraction of sp³-hybridized carbons (Fsp3) is 0.200. The largest absolute Gasteiger partial charge is 0.431 e. The van der Waals surface area contributed by atoms with Gasteiger partial charge in [-0.2, -0.15) is 8.78 Å². The van der Waals surface area contributed by atoms with Crippen molar-refractivity contribution in [3.8, 4) is 5.75 Å². The van der Waals surface area contributed by atoms with E-state index in [1.165, 1.54) is 18.2 Å². The van der Waals surface area contributed by atoms with Crippen LogP contribution in [-0.2, 0) is 0 Å². The molecule has 5 heteroatoms. The number of fused-ring (bicyclic) bond motifs is 1. The molecule has 0 aliphatic rings. The van der Waals surface area contributed by atoms with Gasteiger partial charge in [-0.3, -0.25) is 0 Å². The molecule has 0 bridgehead atoms. The van der Waals surface area contributed by atoms with Crippen LogP contribution in [0.5, 0.6) is 5.75 Å². The summed E-state index contributed by atoms with van der Waals surface area (Å²) < 4.78 is 42.4. The molecule has 0 aromatic heterocycles. The van der Waals surface area contributed by atoms with Crippen molar-refractivity contribution >= 4 is 22.5 Å². The molecule has 0 amide bonds. The van der Waals surface area contributed by atoms with Gasteiger partial charge in [0.1, 0.15) is 0 Å². The molecule has 0 heterocycles. The summed E-state index contributed by atoms with van der Waals surface area (Å²) >= 11 is 0. The molecule has 0 aliphatic heterocycles. The summed E-state index contributed by atoms with van der Waals surface area (Å²) in [6, 6.07) is 5.59. The molecule has 2 aromatic rings. The number of hydrogen-bond acceptors (Lipinski definition) is 2. The second-order valence-electron chi connectivity index (χ2n) is 3.67. The molecule has 108 valence electrons. The second-order valence-corrected chi connectivity index (χ2v) is 3.67. The van der Waals surface area contributed by atoms with Gasteiger partial charge < -0.3 is 10.5 Å². The van der Waals surface area contributed by atoms with Crippen LogP contribution in [0.2, 0.25) is 0 Å². The van der Waals surface area contributed by atoms with Crippen LogP contribution in [0.1, 0.15) is 19.4 Å². The minimum Gasteiger partial charge on any atom is -0.431 e. The minimum atomic E-state index is -3.10. The van der Waals surface area contributed by atoms with E-state index in [9.17, 15) is 13.2 Å². The summed E-state index contributed by atoms with van der Waals surface area (Å²) in [6.45, 7) is 4.45. The highest BCUT2D eigenvalue weighted by Crippen LogP contribution is 2.34. The minimum absolute atomic E-state index is 0.236. The van der Waals surface area contributed by atoms with Crippen molar-refractivity contribution < 1.29 is 17.9 Å². The summed E-state index contributed by atoms with van der Waals surface area (Å²) in [6.07, 6.45) is 1.41. The third-order valence-corrected chi connectivity index (χ3v) is 2.50. The molecular weight excluding hydrogens is 267 g/mol. The van der Waals surface area contributed by atoms with Crippen molar-refractivity contribution in [3.63, 3.8) is 0 Å². The Kier molecular flexibility index (Phi) is 5.43. The molecule has 0 saturated heterocycles. The maximum atomic E-state index is 13.6. The van der Waals surface area contributed by atoms with Crippen LogP contribution in [0, 0.1) is 5.82 Å². The van der Waals surface area contributed by atoms with E-state index in [4.69, 9.17) is 5.73 Å². The molecule has 0 radical (unpaired) electrons. The van der Waals surface area contributed by atoms with E-state index in [1.54, 1.807) is 6.07 Å². The molecule has 0 saturated carbocycles. The van der Waals surface area contributed by atoms with Crippen molar-refractivity contribution in [2.45, 2.75) is 20.5 Å². The zero-order chi connectivity index (χ0) is 15.3. The summed E-state index contributed by atoms with van der Waals surface area (Å²) in [4.78, 5) is 0. The molecule has 0 unspecified atom stereocenters. The number of anilines is 1. The summed E-state index contributed by atoms with van der Waals surface area (Å²) in [5.74, 6) is -1.34. The lowest BCUT2D eigenvalue weighted by atomic mass is 10.0. The topological polar surface area (TPSA) is 35.2 Å². The second kappa shape index (κ2) is 6.84. The van der Waals surface area contributed by atoms with Gasteiger partial charge in [-0.1, -0.05) is 32.6 Å². The van der Waals surface area contributed by atoms with Crippen LogP contribution in [0.4, 0.5) is 18.9 Å². The van der Waals surface area contributed by atoms with E-state index in [1.807, 2.05) is 13.8 Å². The van der Waals surface area contributed by atoms with Gasteiger partial charge in [0.25, 0.3) is 0 Å². The lowest BCUT2D eigenvalue weighted by Gasteiger charge is -2.12. The molecule has 0 fully saturated rings. The number of hydrogen-bond donors (Lipinski definition) is 1. The van der Waals surface area contributed by atoms with Crippen LogP contribution in [0.25, 0.3) is 16.8 Å². The molecule has 0 spiro atoms. The Hall–Kier alpha value is -2.17. The fourth-order valence-corrected chi connectivity index (χ4v) is 1.83. The van der Waals surface area contributed by atoms with Gasteiger partial charge in [-0.15, -0.1) is 0 Å². The lowest BCUT2D eigenvalue weighted by Crippen LogP contribution is -2.05. The SMILES string of the molecule is C=Cc1cc(N)cc2ccc(F)c(OC(F)F)c12.CC. The quantitative estimate of drug-likeness (QED) is 0.819. The van der Waals surface area contributed by atoms with E-state index in [-0.39, 0.29) is 5.39 Å². The predicted molar refractivity (Wildman–Crippen MR) is 76.4 cm³/mol. The van der Waals surface area contributed by atoms with E-state index < -0.39 is 18.2 Å². The monoisotopic (exact) mass is 283 g/mol. The standard InChI is InChI=1S/C13H10F3NO.C2H6/c1-2-7-5-9(17)6-8-3-4-10(14)12(11(7)8)18-13(15)16;1-2/h2-6,13H,1,17H2;1-2H3. The Bertz CT molecular complexity index is 612. The van der Waals surface area contributed by atoms with E-state index in [0.29, 0.717) is 16.6 Å². The summed E-state index contributed by atoms with van der Waals surface area (Å²) in [7, 11) is 0. The first-order valence-electron chi connectivity index (χ1n) is 6.12. The van der Waals surface area contributed by atoms with Crippen LogP contribution >= 0.6 is 0 Å². The van der Waals surface area contributed by atoms with Gasteiger partial charge in [-0.25, -0.2) is 4.39 Å². The molecular formula is C15H16F3NO. The zero-order valence-corrected chi connectivity index (χ0v) is 11.3. The van der Waals surface area contributed by atoms with Gasteiger partial charge >= 0.3 is 6.61 Å². The molecule has 2 nitrogen and oxygen atoms in total. The fourth-order valence-electron chi connectivity index (χ4n) is 1.83. The number of nitrogen functional groups attached to an aromatic ring is 1. The van der Waals surface area contributed by atoms with Crippen molar-refractivity contribution in [3.05, 3.63) is 42.2 Å². The molecule has 2 rings (SSSR count). The molecule has 2 aromatic carbocycles. The smallest absolute Gasteiger partial charge is 0.387 e. The lowest BCUT2D eigenvalue weighted by molar-refractivity contribution is -0.0510. The Labute approximate surface area is 115 Å². The van der Waals surface area contributed by atoms with E-state index in [0.717, 1.165) is 6.07 Å². The van der Waals surface area contributed by atoms with Gasteiger partial charge in [0.2, 0.25) is 0 Å². The van der Waals surface area contributed by atoms with Gasteiger partial charge in [0.05, 0.1) is 0 Å². The average Bonchev–Trinajstić information content (AvgIpc) is 2.43. The third kappa shape index (κ3) is 3.23. The number of nitrogens with two attached hydrogens (primary N) is 1. The summed E-state index contributed by atoms with van der Waals surface area (Å²) in [5, 5.41) is 0.751. The van der Waals surface area contributed by atoms with Crippen LogP contribution in [0.15, 0.2) is 30.8 Å². The molecule has 0 atom stereocenters. The van der Waals surface area contributed by atoms with Crippen LogP contribution < -0.4 is 10.5 Å². The Morgan fingerprint density at radius 3 is 2.45 bits per heavy atom. The van der Waals surface area contributed by atoms with Crippen molar-refractivity contribution in [1.82, 2.24) is 0 Å². The Morgan fingerprint density at radius 2 is 1.90 bits per heavy atom. The molecule has 2 N–H and O–H groups in total.